The normalized spacial score (nSPS) is 20.5. The van der Waals surface area contributed by atoms with Crippen LogP contribution >= 0.6 is 11.6 Å². The van der Waals surface area contributed by atoms with Crippen molar-refractivity contribution in [2.45, 2.75) is 6.42 Å². The fourth-order valence-electron chi connectivity index (χ4n) is 1.87. The fraction of sp³-hybridized carbons (Fsp3) is 0.364. The zero-order valence-corrected chi connectivity index (χ0v) is 9.38. The summed E-state index contributed by atoms with van der Waals surface area (Å²) in [5.41, 5.74) is 6.57. The van der Waals surface area contributed by atoms with Crippen LogP contribution in [0, 0.1) is 11.7 Å². The molecule has 1 aliphatic heterocycles. The number of rotatable bonds is 2. The van der Waals surface area contributed by atoms with Gasteiger partial charge in [-0.05, 0) is 24.1 Å². The first-order valence-corrected chi connectivity index (χ1v) is 5.56. The quantitative estimate of drug-likeness (QED) is 0.637. The van der Waals surface area contributed by atoms with E-state index in [0.717, 1.165) is 0 Å². The third-order valence-corrected chi connectivity index (χ3v) is 3.14. The van der Waals surface area contributed by atoms with Gasteiger partial charge < -0.3 is 10.6 Å². The number of hydrogen-bond donors (Lipinski definition) is 1. The van der Waals surface area contributed by atoms with Crippen LogP contribution in [0.1, 0.15) is 6.42 Å². The summed E-state index contributed by atoms with van der Waals surface area (Å²) in [4.78, 5) is 13.2. The van der Waals surface area contributed by atoms with Gasteiger partial charge in [0.05, 0.1) is 11.4 Å². The zero-order chi connectivity index (χ0) is 11.7. The second-order valence-corrected chi connectivity index (χ2v) is 4.24. The molecule has 5 heteroatoms. The monoisotopic (exact) mass is 242 g/mol. The zero-order valence-electron chi connectivity index (χ0n) is 8.62. The highest BCUT2D eigenvalue weighted by Crippen LogP contribution is 2.30. The molecule has 1 saturated heterocycles. The van der Waals surface area contributed by atoms with Crippen molar-refractivity contribution >= 4 is 28.9 Å². The Bertz CT molecular complexity index is 424. The Morgan fingerprint density at radius 1 is 1.56 bits per heavy atom. The Balaban J connectivity index is 2.30. The Labute approximate surface area is 98.0 Å². The highest BCUT2D eigenvalue weighted by molar-refractivity contribution is 6.18. The molecule has 1 aromatic rings. The van der Waals surface area contributed by atoms with Crippen LogP contribution in [-0.2, 0) is 4.79 Å². The van der Waals surface area contributed by atoms with E-state index in [1.165, 1.54) is 23.1 Å². The SMILES string of the molecule is Nc1ccc(F)cc1N1CC(CCl)CC1=O. The van der Waals surface area contributed by atoms with Gasteiger partial charge in [-0.3, -0.25) is 4.79 Å². The first-order chi connectivity index (χ1) is 7.61. The largest absolute Gasteiger partial charge is 0.397 e. The van der Waals surface area contributed by atoms with Gasteiger partial charge in [-0.15, -0.1) is 11.6 Å². The van der Waals surface area contributed by atoms with Gasteiger partial charge in [0, 0.05) is 18.8 Å². The standard InChI is InChI=1S/C11H12ClFN2O/c12-5-7-3-11(16)15(6-7)10-4-8(13)1-2-9(10)14/h1-2,4,7H,3,5-6,14H2. The number of nitrogens with zero attached hydrogens (tertiary/aromatic N) is 1. The first kappa shape index (κ1) is 11.2. The van der Waals surface area contributed by atoms with Crippen LogP contribution in [-0.4, -0.2) is 18.3 Å². The number of halogens is 2. The average molecular weight is 243 g/mol. The van der Waals surface area contributed by atoms with Crippen molar-refractivity contribution in [1.29, 1.82) is 0 Å². The maximum absolute atomic E-state index is 13.1. The molecule has 1 fully saturated rings. The lowest BCUT2D eigenvalue weighted by Crippen LogP contribution is -2.25. The smallest absolute Gasteiger partial charge is 0.227 e. The molecule has 0 radical (unpaired) electrons. The van der Waals surface area contributed by atoms with Gasteiger partial charge in [0.15, 0.2) is 0 Å². The first-order valence-electron chi connectivity index (χ1n) is 5.03. The van der Waals surface area contributed by atoms with E-state index in [1.54, 1.807) is 0 Å². The van der Waals surface area contributed by atoms with E-state index in [4.69, 9.17) is 17.3 Å². The predicted octanol–water partition coefficient (Wildman–Crippen LogP) is 2.00. The minimum absolute atomic E-state index is 0.0528. The minimum Gasteiger partial charge on any atom is -0.397 e. The molecule has 0 bridgehead atoms. The van der Waals surface area contributed by atoms with E-state index >= 15 is 0 Å². The molecule has 16 heavy (non-hydrogen) atoms. The van der Waals surface area contributed by atoms with Crippen molar-refractivity contribution in [1.82, 2.24) is 0 Å². The van der Waals surface area contributed by atoms with Crippen LogP contribution in [0.5, 0.6) is 0 Å². The Kier molecular flexibility index (Phi) is 3.01. The summed E-state index contributed by atoms with van der Waals surface area (Å²) >= 11 is 5.71. The summed E-state index contributed by atoms with van der Waals surface area (Å²) in [5.74, 6) is 0.100. The second-order valence-electron chi connectivity index (χ2n) is 3.93. The molecule has 1 aliphatic rings. The average Bonchev–Trinajstić information content (AvgIpc) is 2.63. The number of anilines is 2. The molecule has 2 rings (SSSR count). The van der Waals surface area contributed by atoms with Gasteiger partial charge in [0.1, 0.15) is 5.82 Å². The predicted molar refractivity (Wildman–Crippen MR) is 62.0 cm³/mol. The fourth-order valence-corrected chi connectivity index (χ4v) is 2.08. The molecule has 0 spiro atoms. The van der Waals surface area contributed by atoms with Crippen LogP contribution in [0.4, 0.5) is 15.8 Å². The van der Waals surface area contributed by atoms with E-state index in [0.29, 0.717) is 30.2 Å². The van der Waals surface area contributed by atoms with Crippen LogP contribution in [0.3, 0.4) is 0 Å². The van der Waals surface area contributed by atoms with E-state index in [9.17, 15) is 9.18 Å². The molecule has 1 atom stereocenters. The summed E-state index contributed by atoms with van der Waals surface area (Å²) in [6.07, 6.45) is 0.402. The lowest BCUT2D eigenvalue weighted by Gasteiger charge is -2.18. The molecule has 0 aromatic heterocycles. The number of amides is 1. The van der Waals surface area contributed by atoms with Gasteiger partial charge in [-0.1, -0.05) is 0 Å². The molecule has 2 N–H and O–H groups in total. The Hall–Kier alpha value is -1.29. The number of carbonyl (C=O) groups is 1. The Morgan fingerprint density at radius 2 is 2.31 bits per heavy atom. The molecular formula is C11H12ClFN2O. The highest BCUT2D eigenvalue weighted by Gasteiger charge is 2.31. The molecule has 86 valence electrons. The van der Waals surface area contributed by atoms with Gasteiger partial charge in [-0.2, -0.15) is 0 Å². The van der Waals surface area contributed by atoms with Crippen molar-refractivity contribution in [3.05, 3.63) is 24.0 Å². The summed E-state index contributed by atoms with van der Waals surface area (Å²) in [5, 5.41) is 0. The van der Waals surface area contributed by atoms with Crippen LogP contribution in [0.25, 0.3) is 0 Å². The summed E-state index contributed by atoms with van der Waals surface area (Å²) in [6, 6.07) is 4.02. The second kappa shape index (κ2) is 4.29. The van der Waals surface area contributed by atoms with E-state index in [2.05, 4.69) is 0 Å². The van der Waals surface area contributed by atoms with E-state index in [1.807, 2.05) is 0 Å². The number of carbonyl (C=O) groups excluding carboxylic acids is 1. The summed E-state index contributed by atoms with van der Waals surface area (Å²) < 4.78 is 13.1. The maximum atomic E-state index is 13.1. The molecule has 1 aromatic carbocycles. The van der Waals surface area contributed by atoms with E-state index < -0.39 is 5.82 Å². The van der Waals surface area contributed by atoms with Crippen molar-refractivity contribution < 1.29 is 9.18 Å². The topological polar surface area (TPSA) is 46.3 Å². The lowest BCUT2D eigenvalue weighted by atomic mass is 10.1. The van der Waals surface area contributed by atoms with Gasteiger partial charge in [0.25, 0.3) is 0 Å². The highest BCUT2D eigenvalue weighted by atomic mass is 35.5. The third-order valence-electron chi connectivity index (χ3n) is 2.71. The van der Waals surface area contributed by atoms with Crippen molar-refractivity contribution in [2.24, 2.45) is 5.92 Å². The summed E-state index contributed by atoms with van der Waals surface area (Å²) in [7, 11) is 0. The summed E-state index contributed by atoms with van der Waals surface area (Å²) in [6.45, 7) is 0.510. The molecular weight excluding hydrogens is 231 g/mol. The van der Waals surface area contributed by atoms with Crippen molar-refractivity contribution in [2.75, 3.05) is 23.1 Å². The van der Waals surface area contributed by atoms with E-state index in [-0.39, 0.29) is 11.8 Å². The van der Waals surface area contributed by atoms with Crippen LogP contribution < -0.4 is 10.6 Å². The lowest BCUT2D eigenvalue weighted by molar-refractivity contribution is -0.117. The number of benzene rings is 1. The third kappa shape index (κ3) is 1.97. The number of hydrogen-bond acceptors (Lipinski definition) is 2. The molecule has 1 heterocycles. The number of nitrogen functional groups attached to an aromatic ring is 1. The molecule has 1 amide bonds. The van der Waals surface area contributed by atoms with Crippen molar-refractivity contribution in [3.63, 3.8) is 0 Å². The van der Waals surface area contributed by atoms with Gasteiger partial charge >= 0.3 is 0 Å². The minimum atomic E-state index is -0.397. The molecule has 3 nitrogen and oxygen atoms in total. The maximum Gasteiger partial charge on any atom is 0.227 e. The molecule has 1 unspecified atom stereocenters. The number of nitrogens with two attached hydrogens (primary N) is 1. The van der Waals surface area contributed by atoms with Crippen molar-refractivity contribution in [3.8, 4) is 0 Å². The Morgan fingerprint density at radius 3 is 2.94 bits per heavy atom. The van der Waals surface area contributed by atoms with Crippen LogP contribution in [0.15, 0.2) is 18.2 Å². The number of alkyl halides is 1. The van der Waals surface area contributed by atoms with Gasteiger partial charge in [-0.25, -0.2) is 4.39 Å². The molecule has 0 saturated carbocycles. The van der Waals surface area contributed by atoms with Crippen LogP contribution in [0.2, 0.25) is 0 Å². The van der Waals surface area contributed by atoms with Gasteiger partial charge in [0.2, 0.25) is 5.91 Å². The molecule has 0 aliphatic carbocycles.